The molecular formula is C22H22N2O4S. The van der Waals surface area contributed by atoms with Gasteiger partial charge >= 0.3 is 0 Å². The molecule has 3 aromatic carbocycles. The predicted molar refractivity (Wildman–Crippen MR) is 112 cm³/mol. The third-order valence-electron chi connectivity index (χ3n) is 4.21. The Morgan fingerprint density at radius 3 is 2.10 bits per heavy atom. The van der Waals surface area contributed by atoms with E-state index in [1.165, 1.54) is 24.3 Å². The third-order valence-corrected chi connectivity index (χ3v) is 5.61. The van der Waals surface area contributed by atoms with Crippen LogP contribution < -0.4 is 9.46 Å². The Morgan fingerprint density at radius 1 is 0.897 bits per heavy atom. The van der Waals surface area contributed by atoms with Crippen LogP contribution >= 0.6 is 0 Å². The van der Waals surface area contributed by atoms with Crippen LogP contribution in [0.15, 0.2) is 89.8 Å². The average molecular weight is 410 g/mol. The van der Waals surface area contributed by atoms with Crippen molar-refractivity contribution in [3.05, 3.63) is 90.5 Å². The zero-order valence-corrected chi connectivity index (χ0v) is 16.8. The Morgan fingerprint density at radius 2 is 1.48 bits per heavy atom. The van der Waals surface area contributed by atoms with Gasteiger partial charge in [0.2, 0.25) is 0 Å². The van der Waals surface area contributed by atoms with Gasteiger partial charge in [0.1, 0.15) is 5.75 Å². The molecule has 0 spiro atoms. The standard InChI is InChI=1S/C22H22N2O4S/c1-24(16-18-8-4-2-5-9-18)22(25)17-28-20-12-14-21(15-13-20)29(26,27)23-19-10-6-3-7-11-19/h2-15,23H,16-17H2,1H3. The van der Waals surface area contributed by atoms with Gasteiger partial charge in [-0.1, -0.05) is 48.5 Å². The molecule has 0 unspecified atom stereocenters. The summed E-state index contributed by atoms with van der Waals surface area (Å²) in [7, 11) is -1.98. The molecule has 0 atom stereocenters. The van der Waals surface area contributed by atoms with Crippen molar-refractivity contribution in [1.82, 2.24) is 4.90 Å². The van der Waals surface area contributed by atoms with Crippen molar-refractivity contribution in [3.8, 4) is 5.75 Å². The number of rotatable bonds is 8. The van der Waals surface area contributed by atoms with Gasteiger partial charge in [0.15, 0.2) is 6.61 Å². The molecule has 0 aliphatic heterocycles. The van der Waals surface area contributed by atoms with Crippen LogP contribution in [-0.2, 0) is 21.4 Å². The highest BCUT2D eigenvalue weighted by Gasteiger charge is 2.15. The summed E-state index contributed by atoms with van der Waals surface area (Å²) in [6.07, 6.45) is 0. The van der Waals surface area contributed by atoms with E-state index in [1.807, 2.05) is 36.4 Å². The maximum absolute atomic E-state index is 12.4. The minimum atomic E-state index is -3.69. The van der Waals surface area contributed by atoms with Crippen LogP contribution in [0.4, 0.5) is 5.69 Å². The first kappa shape index (κ1) is 20.4. The number of carbonyl (C=O) groups is 1. The third kappa shape index (κ3) is 5.83. The van der Waals surface area contributed by atoms with E-state index in [0.29, 0.717) is 18.0 Å². The van der Waals surface area contributed by atoms with Crippen molar-refractivity contribution >= 4 is 21.6 Å². The second-order valence-corrected chi connectivity index (χ2v) is 8.15. The first-order valence-electron chi connectivity index (χ1n) is 9.03. The molecule has 0 saturated heterocycles. The smallest absolute Gasteiger partial charge is 0.261 e. The molecule has 0 aliphatic rings. The molecule has 3 aromatic rings. The number of sulfonamides is 1. The lowest BCUT2D eigenvalue weighted by Crippen LogP contribution is -2.30. The topological polar surface area (TPSA) is 75.7 Å². The Balaban J connectivity index is 1.55. The molecule has 1 amide bonds. The number of para-hydroxylation sites is 1. The number of carbonyl (C=O) groups excluding carboxylic acids is 1. The molecule has 0 aromatic heterocycles. The maximum atomic E-state index is 12.4. The Labute approximate surface area is 170 Å². The van der Waals surface area contributed by atoms with Gasteiger partial charge < -0.3 is 9.64 Å². The van der Waals surface area contributed by atoms with Gasteiger partial charge in [0.25, 0.3) is 15.9 Å². The highest BCUT2D eigenvalue weighted by Crippen LogP contribution is 2.19. The summed E-state index contributed by atoms with van der Waals surface area (Å²) in [4.78, 5) is 13.9. The minimum Gasteiger partial charge on any atom is -0.484 e. The maximum Gasteiger partial charge on any atom is 0.261 e. The zero-order chi connectivity index (χ0) is 20.7. The fourth-order valence-electron chi connectivity index (χ4n) is 2.64. The molecule has 0 fully saturated rings. The average Bonchev–Trinajstić information content (AvgIpc) is 2.73. The van der Waals surface area contributed by atoms with Crippen molar-refractivity contribution in [2.75, 3.05) is 18.4 Å². The predicted octanol–water partition coefficient (Wildman–Crippen LogP) is 3.52. The highest BCUT2D eigenvalue weighted by molar-refractivity contribution is 7.92. The van der Waals surface area contributed by atoms with Gasteiger partial charge in [-0.3, -0.25) is 9.52 Å². The van der Waals surface area contributed by atoms with E-state index in [9.17, 15) is 13.2 Å². The van der Waals surface area contributed by atoms with E-state index in [2.05, 4.69) is 4.72 Å². The Kier molecular flexibility index (Phi) is 6.51. The van der Waals surface area contributed by atoms with E-state index in [-0.39, 0.29) is 17.4 Å². The molecule has 1 N–H and O–H groups in total. The first-order valence-corrected chi connectivity index (χ1v) is 10.5. The van der Waals surface area contributed by atoms with E-state index in [0.717, 1.165) is 5.56 Å². The number of amides is 1. The summed E-state index contributed by atoms with van der Waals surface area (Å²) in [5.41, 5.74) is 1.52. The SMILES string of the molecule is CN(Cc1ccccc1)C(=O)COc1ccc(S(=O)(=O)Nc2ccccc2)cc1. The van der Waals surface area contributed by atoms with Crippen LogP contribution in [0, 0.1) is 0 Å². The fourth-order valence-corrected chi connectivity index (χ4v) is 3.69. The molecule has 0 bridgehead atoms. The fraction of sp³-hybridized carbons (Fsp3) is 0.136. The highest BCUT2D eigenvalue weighted by atomic mass is 32.2. The molecule has 0 saturated carbocycles. The Bertz CT molecular complexity index is 1040. The summed E-state index contributed by atoms with van der Waals surface area (Å²) in [6, 6.07) is 24.3. The van der Waals surface area contributed by atoms with Gasteiger partial charge in [-0.2, -0.15) is 0 Å². The van der Waals surface area contributed by atoms with Gasteiger partial charge in [0, 0.05) is 19.3 Å². The van der Waals surface area contributed by atoms with Crippen LogP contribution in [-0.4, -0.2) is 32.9 Å². The second-order valence-electron chi connectivity index (χ2n) is 6.47. The van der Waals surface area contributed by atoms with Crippen LogP contribution in [0.3, 0.4) is 0 Å². The zero-order valence-electron chi connectivity index (χ0n) is 16.0. The largest absolute Gasteiger partial charge is 0.484 e. The van der Waals surface area contributed by atoms with E-state index < -0.39 is 10.0 Å². The van der Waals surface area contributed by atoms with E-state index >= 15 is 0 Å². The lowest BCUT2D eigenvalue weighted by Gasteiger charge is -2.17. The monoisotopic (exact) mass is 410 g/mol. The molecule has 0 aliphatic carbocycles. The number of ether oxygens (including phenoxy) is 1. The van der Waals surface area contributed by atoms with Crippen LogP contribution in [0.5, 0.6) is 5.75 Å². The van der Waals surface area contributed by atoms with Gasteiger partial charge in [0.05, 0.1) is 4.90 Å². The molecule has 0 radical (unpaired) electrons. The normalized spacial score (nSPS) is 10.9. The number of hydrogen-bond donors (Lipinski definition) is 1. The Hall–Kier alpha value is -3.32. The number of anilines is 1. The molecule has 6 nitrogen and oxygen atoms in total. The number of nitrogens with zero attached hydrogens (tertiary/aromatic N) is 1. The van der Waals surface area contributed by atoms with Crippen LogP contribution in [0.2, 0.25) is 0 Å². The molecular weight excluding hydrogens is 388 g/mol. The van der Waals surface area contributed by atoms with Crippen LogP contribution in [0.1, 0.15) is 5.56 Å². The number of benzene rings is 3. The summed E-state index contributed by atoms with van der Waals surface area (Å²) >= 11 is 0. The number of nitrogens with one attached hydrogen (secondary N) is 1. The second kappa shape index (κ2) is 9.25. The van der Waals surface area contributed by atoms with Crippen molar-refractivity contribution in [3.63, 3.8) is 0 Å². The molecule has 29 heavy (non-hydrogen) atoms. The lowest BCUT2D eigenvalue weighted by molar-refractivity contribution is -0.132. The molecule has 7 heteroatoms. The van der Waals surface area contributed by atoms with Crippen molar-refractivity contribution in [1.29, 1.82) is 0 Å². The van der Waals surface area contributed by atoms with E-state index in [1.54, 1.807) is 36.2 Å². The summed E-state index contributed by atoms with van der Waals surface area (Å²) < 4.78 is 32.9. The van der Waals surface area contributed by atoms with Crippen molar-refractivity contribution < 1.29 is 17.9 Å². The van der Waals surface area contributed by atoms with Crippen molar-refractivity contribution in [2.24, 2.45) is 0 Å². The number of likely N-dealkylation sites (N-methyl/N-ethyl adjacent to an activating group) is 1. The van der Waals surface area contributed by atoms with Gasteiger partial charge in [-0.15, -0.1) is 0 Å². The molecule has 150 valence electrons. The summed E-state index contributed by atoms with van der Waals surface area (Å²) in [5, 5.41) is 0. The summed E-state index contributed by atoms with van der Waals surface area (Å²) in [5.74, 6) is 0.251. The lowest BCUT2D eigenvalue weighted by atomic mass is 10.2. The van der Waals surface area contributed by atoms with Crippen molar-refractivity contribution in [2.45, 2.75) is 11.4 Å². The first-order chi connectivity index (χ1) is 13.9. The van der Waals surface area contributed by atoms with Gasteiger partial charge in [-0.25, -0.2) is 8.42 Å². The minimum absolute atomic E-state index is 0.112. The number of hydrogen-bond acceptors (Lipinski definition) is 4. The summed E-state index contributed by atoms with van der Waals surface area (Å²) in [6.45, 7) is 0.364. The molecule has 3 rings (SSSR count). The van der Waals surface area contributed by atoms with Crippen LogP contribution in [0.25, 0.3) is 0 Å². The molecule has 0 heterocycles. The van der Waals surface area contributed by atoms with E-state index in [4.69, 9.17) is 4.74 Å². The van der Waals surface area contributed by atoms with Gasteiger partial charge in [-0.05, 0) is 42.0 Å². The quantitative estimate of drug-likeness (QED) is 0.616.